The van der Waals surface area contributed by atoms with E-state index in [0.717, 1.165) is 53.1 Å². The van der Waals surface area contributed by atoms with Gasteiger partial charge in [-0.2, -0.15) is 0 Å². The Hall–Kier alpha value is -3.51. The predicted molar refractivity (Wildman–Crippen MR) is 135 cm³/mol. The number of phenols is 1. The molecule has 0 saturated carbocycles. The summed E-state index contributed by atoms with van der Waals surface area (Å²) < 4.78 is 5.25. The number of aryl methyl sites for hydroxylation is 2. The summed E-state index contributed by atoms with van der Waals surface area (Å²) >= 11 is 0. The van der Waals surface area contributed by atoms with Crippen LogP contribution in [0.3, 0.4) is 0 Å². The molecule has 6 heteroatoms. The van der Waals surface area contributed by atoms with Crippen LogP contribution in [-0.4, -0.2) is 30.7 Å². The van der Waals surface area contributed by atoms with Crippen molar-refractivity contribution in [3.05, 3.63) is 88.0 Å². The molecule has 178 valence electrons. The molecule has 0 aliphatic carbocycles. The van der Waals surface area contributed by atoms with Crippen molar-refractivity contribution < 1.29 is 14.6 Å². The number of nitrogens with two attached hydrogens (primary N) is 1. The normalized spacial score (nSPS) is 15.7. The van der Waals surface area contributed by atoms with E-state index in [4.69, 9.17) is 10.5 Å². The van der Waals surface area contributed by atoms with Crippen molar-refractivity contribution in [2.75, 3.05) is 19.0 Å². The Morgan fingerprint density at radius 3 is 2.47 bits per heavy atom. The number of methoxy groups -OCH3 is 1. The number of nitrogens with one attached hydrogen (secondary N) is 2. The molecular weight excluding hydrogens is 426 g/mol. The van der Waals surface area contributed by atoms with E-state index in [1.165, 1.54) is 11.1 Å². The highest BCUT2D eigenvalue weighted by atomic mass is 16.5. The smallest absolute Gasteiger partial charge is 0.237 e. The van der Waals surface area contributed by atoms with Crippen molar-refractivity contribution >= 4 is 11.6 Å². The highest BCUT2D eigenvalue weighted by Crippen LogP contribution is 2.31. The summed E-state index contributed by atoms with van der Waals surface area (Å²) in [5.41, 5.74) is 13.7. The number of aromatic hydroxyl groups is 1. The van der Waals surface area contributed by atoms with Crippen molar-refractivity contribution in [3.63, 3.8) is 0 Å². The monoisotopic (exact) mass is 459 g/mol. The summed E-state index contributed by atoms with van der Waals surface area (Å²) in [6.45, 7) is 4.65. The second-order valence-electron chi connectivity index (χ2n) is 9.09. The van der Waals surface area contributed by atoms with Gasteiger partial charge in [-0.05, 0) is 96.8 Å². The van der Waals surface area contributed by atoms with Crippen LogP contribution in [0, 0.1) is 13.8 Å². The van der Waals surface area contributed by atoms with E-state index in [0.29, 0.717) is 6.42 Å². The summed E-state index contributed by atoms with van der Waals surface area (Å²) in [4.78, 5) is 13.0. The SMILES string of the molecule is COc1ccc(Cc2ccc3c(c2)C(NC(=O)C(N)Cc2c(C)cc(O)cc2C)CCN3)cc1. The molecule has 1 aliphatic heterocycles. The molecule has 0 bridgehead atoms. The first kappa shape index (κ1) is 23.6. The van der Waals surface area contributed by atoms with Gasteiger partial charge in [0.05, 0.1) is 19.2 Å². The van der Waals surface area contributed by atoms with E-state index < -0.39 is 6.04 Å². The fourth-order valence-corrected chi connectivity index (χ4v) is 4.69. The number of carbonyl (C=O) groups is 1. The maximum atomic E-state index is 13.0. The maximum absolute atomic E-state index is 13.0. The summed E-state index contributed by atoms with van der Waals surface area (Å²) in [7, 11) is 1.67. The van der Waals surface area contributed by atoms with E-state index in [1.54, 1.807) is 19.2 Å². The Kier molecular flexibility index (Phi) is 7.08. The van der Waals surface area contributed by atoms with Gasteiger partial charge in [-0.1, -0.05) is 24.3 Å². The van der Waals surface area contributed by atoms with Crippen LogP contribution in [0.5, 0.6) is 11.5 Å². The molecule has 3 aromatic carbocycles. The maximum Gasteiger partial charge on any atom is 0.237 e. The molecule has 0 fully saturated rings. The third-order valence-corrected chi connectivity index (χ3v) is 6.57. The van der Waals surface area contributed by atoms with Gasteiger partial charge in [0.1, 0.15) is 11.5 Å². The lowest BCUT2D eigenvalue weighted by Crippen LogP contribution is -2.44. The Morgan fingerprint density at radius 1 is 1.12 bits per heavy atom. The van der Waals surface area contributed by atoms with E-state index >= 15 is 0 Å². The van der Waals surface area contributed by atoms with Crippen molar-refractivity contribution in [1.82, 2.24) is 5.32 Å². The molecule has 1 aliphatic rings. The average molecular weight is 460 g/mol. The number of benzene rings is 3. The molecule has 2 atom stereocenters. The summed E-state index contributed by atoms with van der Waals surface area (Å²) in [6.07, 6.45) is 2.03. The number of carbonyl (C=O) groups excluding carboxylic acids is 1. The summed E-state index contributed by atoms with van der Waals surface area (Å²) in [5, 5.41) is 16.4. The van der Waals surface area contributed by atoms with Crippen molar-refractivity contribution in [1.29, 1.82) is 0 Å². The van der Waals surface area contributed by atoms with Gasteiger partial charge < -0.3 is 26.2 Å². The van der Waals surface area contributed by atoms with Crippen LogP contribution in [-0.2, 0) is 17.6 Å². The number of anilines is 1. The molecule has 6 nitrogen and oxygen atoms in total. The fraction of sp³-hybridized carbons (Fsp3) is 0.321. The molecule has 34 heavy (non-hydrogen) atoms. The lowest BCUT2D eigenvalue weighted by atomic mass is 9.92. The first-order valence-electron chi connectivity index (χ1n) is 11.7. The third-order valence-electron chi connectivity index (χ3n) is 6.57. The number of rotatable bonds is 7. The van der Waals surface area contributed by atoms with Gasteiger partial charge >= 0.3 is 0 Å². The molecule has 0 aromatic heterocycles. The molecule has 3 aromatic rings. The molecular formula is C28H33N3O3. The molecule has 4 rings (SSSR count). The van der Waals surface area contributed by atoms with Gasteiger partial charge in [-0.15, -0.1) is 0 Å². The standard InChI is InChI=1S/C28H33N3O3/c1-17-12-21(32)13-18(2)23(17)16-25(29)28(33)31-27-10-11-30-26-9-6-20(15-24(26)27)14-19-4-7-22(34-3)8-5-19/h4-9,12-13,15,25,27,30,32H,10-11,14,16,29H2,1-3H3,(H,31,33). The molecule has 5 N–H and O–H groups in total. The number of ether oxygens (including phenoxy) is 1. The number of hydrogen-bond donors (Lipinski definition) is 4. The van der Waals surface area contributed by atoms with Crippen LogP contribution >= 0.6 is 0 Å². The zero-order valence-corrected chi connectivity index (χ0v) is 20.0. The number of phenolic OH excluding ortho intramolecular Hbond substituents is 1. The highest BCUT2D eigenvalue weighted by Gasteiger charge is 2.25. The Labute approximate surface area is 201 Å². The van der Waals surface area contributed by atoms with Gasteiger partial charge in [0.2, 0.25) is 5.91 Å². The van der Waals surface area contributed by atoms with E-state index in [9.17, 15) is 9.90 Å². The number of amides is 1. The quantitative estimate of drug-likeness (QED) is 0.426. The van der Waals surface area contributed by atoms with Gasteiger partial charge in [0, 0.05) is 12.2 Å². The van der Waals surface area contributed by atoms with Crippen LogP contribution in [0.4, 0.5) is 5.69 Å². The minimum atomic E-state index is -0.664. The third kappa shape index (κ3) is 5.34. The minimum Gasteiger partial charge on any atom is -0.508 e. The minimum absolute atomic E-state index is 0.0902. The van der Waals surface area contributed by atoms with Crippen molar-refractivity contribution in [2.45, 2.75) is 45.2 Å². The van der Waals surface area contributed by atoms with E-state index in [2.05, 4.69) is 41.0 Å². The summed E-state index contributed by atoms with van der Waals surface area (Å²) in [6, 6.07) is 17.1. The topological polar surface area (TPSA) is 96.6 Å². The van der Waals surface area contributed by atoms with Crippen LogP contribution in [0.1, 0.15) is 45.8 Å². The second-order valence-corrected chi connectivity index (χ2v) is 9.09. The van der Waals surface area contributed by atoms with Crippen LogP contribution in [0.25, 0.3) is 0 Å². The molecule has 0 spiro atoms. The van der Waals surface area contributed by atoms with Crippen molar-refractivity contribution in [2.24, 2.45) is 5.73 Å². The van der Waals surface area contributed by atoms with Crippen LogP contribution in [0.15, 0.2) is 54.6 Å². The van der Waals surface area contributed by atoms with Crippen molar-refractivity contribution in [3.8, 4) is 11.5 Å². The first-order valence-corrected chi connectivity index (χ1v) is 11.7. The Morgan fingerprint density at radius 2 is 1.79 bits per heavy atom. The zero-order valence-electron chi connectivity index (χ0n) is 20.0. The van der Waals surface area contributed by atoms with E-state index in [1.807, 2.05) is 26.0 Å². The zero-order chi connectivity index (χ0) is 24.2. The highest BCUT2D eigenvalue weighted by molar-refractivity contribution is 5.82. The molecule has 1 heterocycles. The average Bonchev–Trinajstić information content (AvgIpc) is 2.82. The number of fused-ring (bicyclic) bond motifs is 1. The molecule has 1 amide bonds. The Bertz CT molecular complexity index is 1150. The van der Waals surface area contributed by atoms with E-state index in [-0.39, 0.29) is 17.7 Å². The van der Waals surface area contributed by atoms with Gasteiger partial charge in [-0.3, -0.25) is 4.79 Å². The predicted octanol–water partition coefficient (Wildman–Crippen LogP) is 4.15. The molecule has 0 saturated heterocycles. The second kappa shape index (κ2) is 10.2. The number of hydrogen-bond acceptors (Lipinski definition) is 5. The molecule has 0 radical (unpaired) electrons. The van der Waals surface area contributed by atoms with Gasteiger partial charge in [0.25, 0.3) is 0 Å². The largest absolute Gasteiger partial charge is 0.508 e. The lowest BCUT2D eigenvalue weighted by Gasteiger charge is -2.29. The molecule has 2 unspecified atom stereocenters. The lowest BCUT2D eigenvalue weighted by molar-refractivity contribution is -0.123. The fourth-order valence-electron chi connectivity index (χ4n) is 4.69. The van der Waals surface area contributed by atoms with Gasteiger partial charge in [-0.25, -0.2) is 0 Å². The van der Waals surface area contributed by atoms with Gasteiger partial charge in [0.15, 0.2) is 0 Å². The summed E-state index contributed by atoms with van der Waals surface area (Å²) in [5.74, 6) is 0.911. The first-order chi connectivity index (χ1) is 16.3. The van der Waals surface area contributed by atoms with Crippen LogP contribution < -0.4 is 21.1 Å². The Balaban J connectivity index is 1.47. The van der Waals surface area contributed by atoms with Crippen LogP contribution in [0.2, 0.25) is 0 Å².